The molecule has 2 atom stereocenters. The summed E-state index contributed by atoms with van der Waals surface area (Å²) in [5.74, 6) is 1.16. The summed E-state index contributed by atoms with van der Waals surface area (Å²) in [6.07, 6.45) is 4.24. The number of rotatable bonds is 5. The molecule has 4 heterocycles. The number of anilines is 2. The van der Waals surface area contributed by atoms with Crippen molar-refractivity contribution in [3.05, 3.63) is 54.6 Å². The molecule has 178 valence electrons. The Hall–Kier alpha value is -3.63. The molecule has 35 heavy (non-hydrogen) atoms. The first-order valence-electron chi connectivity index (χ1n) is 11.4. The summed E-state index contributed by atoms with van der Waals surface area (Å²) in [6, 6.07) is 9.90. The Kier molecular flexibility index (Phi) is 5.54. The molecule has 1 fully saturated rings. The molecule has 0 bridgehead atoms. The van der Waals surface area contributed by atoms with Gasteiger partial charge in [0.05, 0.1) is 32.8 Å². The summed E-state index contributed by atoms with van der Waals surface area (Å²) in [5.41, 5.74) is 6.21. The molecule has 10 heteroatoms. The third-order valence-corrected chi connectivity index (χ3v) is 7.09. The number of aryl methyl sites for hydroxylation is 1. The lowest BCUT2D eigenvalue weighted by molar-refractivity contribution is 0.0323. The van der Waals surface area contributed by atoms with Crippen LogP contribution in [0, 0.1) is 0 Å². The molecule has 1 N–H and O–H groups in total. The maximum absolute atomic E-state index is 14.9. The molecule has 1 aliphatic heterocycles. The van der Waals surface area contributed by atoms with Crippen LogP contribution in [0.3, 0.4) is 0 Å². The van der Waals surface area contributed by atoms with E-state index in [0.717, 1.165) is 39.0 Å². The summed E-state index contributed by atoms with van der Waals surface area (Å²) < 4.78 is 24.1. The fourth-order valence-corrected chi connectivity index (χ4v) is 5.20. The van der Waals surface area contributed by atoms with Crippen LogP contribution in [0.4, 0.5) is 15.9 Å². The van der Waals surface area contributed by atoms with Crippen molar-refractivity contribution >= 4 is 44.0 Å². The normalized spacial score (nSPS) is 18.8. The first-order chi connectivity index (χ1) is 17.0. The molecule has 0 spiro atoms. The third-order valence-electron chi connectivity index (χ3n) is 6.30. The second-order valence-electron chi connectivity index (χ2n) is 8.88. The number of hydrogen-bond acceptors (Lipinski definition) is 8. The Bertz CT molecular complexity index is 1520. The number of benzene rings is 2. The first kappa shape index (κ1) is 21.9. The first-order valence-corrected chi connectivity index (χ1v) is 12.3. The lowest BCUT2D eigenvalue weighted by Gasteiger charge is -2.32. The number of aromatic nitrogens is 5. The van der Waals surface area contributed by atoms with E-state index >= 15 is 0 Å². The molecular formula is C25H24FN7OS. The van der Waals surface area contributed by atoms with Gasteiger partial charge < -0.3 is 15.0 Å². The van der Waals surface area contributed by atoms with Crippen molar-refractivity contribution in [2.45, 2.75) is 18.7 Å². The van der Waals surface area contributed by atoms with Gasteiger partial charge in [-0.1, -0.05) is 0 Å². The van der Waals surface area contributed by atoms with Gasteiger partial charge in [0, 0.05) is 37.6 Å². The molecular weight excluding hydrogens is 465 g/mol. The lowest BCUT2D eigenvalue weighted by Crippen LogP contribution is -2.45. The summed E-state index contributed by atoms with van der Waals surface area (Å²) >= 11 is 1.58. The summed E-state index contributed by atoms with van der Waals surface area (Å²) in [6.45, 7) is 1.13. The molecule has 3 aromatic heterocycles. The number of thiazole rings is 1. The van der Waals surface area contributed by atoms with Crippen molar-refractivity contribution in [1.29, 1.82) is 0 Å². The van der Waals surface area contributed by atoms with Crippen LogP contribution in [0.1, 0.15) is 6.42 Å². The number of piperidine rings is 1. The summed E-state index contributed by atoms with van der Waals surface area (Å²) in [7, 11) is 3.80. The van der Waals surface area contributed by atoms with Crippen LogP contribution in [-0.2, 0) is 7.05 Å². The van der Waals surface area contributed by atoms with Gasteiger partial charge in [-0.15, -0.1) is 11.3 Å². The van der Waals surface area contributed by atoms with Gasteiger partial charge in [-0.2, -0.15) is 5.10 Å². The highest BCUT2D eigenvalue weighted by Gasteiger charge is 2.30. The van der Waals surface area contributed by atoms with Crippen molar-refractivity contribution in [1.82, 2.24) is 29.6 Å². The minimum absolute atomic E-state index is 0.349. The summed E-state index contributed by atoms with van der Waals surface area (Å²) in [4.78, 5) is 15.4. The zero-order valence-corrected chi connectivity index (χ0v) is 20.2. The van der Waals surface area contributed by atoms with Crippen LogP contribution in [0.5, 0.6) is 5.75 Å². The van der Waals surface area contributed by atoms with Crippen LogP contribution in [0.15, 0.2) is 54.6 Å². The lowest BCUT2D eigenvalue weighted by atomic mass is 10.0. The van der Waals surface area contributed by atoms with E-state index in [1.165, 1.54) is 6.33 Å². The fraction of sp³-hybridized carbons (Fsp3) is 0.280. The van der Waals surface area contributed by atoms with E-state index in [2.05, 4.69) is 25.4 Å². The Balaban J connectivity index is 1.45. The van der Waals surface area contributed by atoms with Crippen molar-refractivity contribution in [3.8, 4) is 16.9 Å². The maximum Gasteiger partial charge on any atom is 0.149 e. The molecule has 1 unspecified atom stereocenters. The van der Waals surface area contributed by atoms with Gasteiger partial charge in [0.1, 0.15) is 30.2 Å². The Morgan fingerprint density at radius 2 is 2.00 bits per heavy atom. The van der Waals surface area contributed by atoms with E-state index in [-0.39, 0.29) is 0 Å². The van der Waals surface area contributed by atoms with E-state index in [1.54, 1.807) is 22.2 Å². The molecule has 0 radical (unpaired) electrons. The quantitative estimate of drug-likeness (QED) is 0.380. The molecule has 0 saturated carbocycles. The number of nitrogens with one attached hydrogen (secondary N) is 1. The maximum atomic E-state index is 14.9. The number of ether oxygens (including phenoxy) is 1. The largest absolute Gasteiger partial charge is 0.486 e. The van der Waals surface area contributed by atoms with Gasteiger partial charge in [0.15, 0.2) is 0 Å². The minimum Gasteiger partial charge on any atom is -0.486 e. The van der Waals surface area contributed by atoms with E-state index in [4.69, 9.17) is 4.74 Å². The Morgan fingerprint density at radius 1 is 1.09 bits per heavy atom. The average Bonchev–Trinajstić information content (AvgIpc) is 3.49. The predicted molar refractivity (Wildman–Crippen MR) is 136 cm³/mol. The van der Waals surface area contributed by atoms with Gasteiger partial charge in [-0.25, -0.2) is 19.3 Å². The monoisotopic (exact) mass is 489 g/mol. The number of alkyl halides is 1. The summed E-state index contributed by atoms with van der Waals surface area (Å²) in [5, 5.41) is 8.43. The van der Waals surface area contributed by atoms with Gasteiger partial charge in [0.2, 0.25) is 0 Å². The van der Waals surface area contributed by atoms with Gasteiger partial charge in [-0.3, -0.25) is 4.68 Å². The van der Waals surface area contributed by atoms with Gasteiger partial charge >= 0.3 is 0 Å². The second-order valence-corrected chi connectivity index (χ2v) is 9.76. The predicted octanol–water partition coefficient (Wildman–Crippen LogP) is 4.80. The molecule has 5 aromatic rings. The Morgan fingerprint density at radius 3 is 2.83 bits per heavy atom. The van der Waals surface area contributed by atoms with Crippen LogP contribution in [0.25, 0.3) is 32.2 Å². The topological polar surface area (TPSA) is 81.0 Å². The van der Waals surface area contributed by atoms with Gasteiger partial charge in [-0.05, 0) is 49.4 Å². The molecule has 0 aliphatic carbocycles. The van der Waals surface area contributed by atoms with E-state index in [1.807, 2.05) is 61.0 Å². The number of halogens is 1. The number of nitrogens with zero attached hydrogens (tertiary/aromatic N) is 6. The fourth-order valence-electron chi connectivity index (χ4n) is 4.48. The van der Waals surface area contributed by atoms with Crippen LogP contribution in [-0.4, -0.2) is 62.0 Å². The van der Waals surface area contributed by atoms with Crippen molar-refractivity contribution in [2.75, 3.05) is 25.5 Å². The molecule has 2 aromatic carbocycles. The third kappa shape index (κ3) is 4.30. The van der Waals surface area contributed by atoms with Crippen molar-refractivity contribution in [2.24, 2.45) is 7.05 Å². The number of fused-ring (bicyclic) bond motifs is 2. The zero-order chi connectivity index (χ0) is 23.9. The van der Waals surface area contributed by atoms with Crippen molar-refractivity contribution in [3.63, 3.8) is 0 Å². The average molecular weight is 490 g/mol. The molecule has 8 nitrogen and oxygen atoms in total. The molecule has 0 amide bonds. The number of likely N-dealkylation sites (tertiary alicyclic amines) is 1. The second kappa shape index (κ2) is 8.86. The Labute approximate surface area is 205 Å². The van der Waals surface area contributed by atoms with Crippen LogP contribution < -0.4 is 10.1 Å². The van der Waals surface area contributed by atoms with Crippen molar-refractivity contribution < 1.29 is 9.13 Å². The van der Waals surface area contributed by atoms with E-state index in [9.17, 15) is 4.39 Å². The smallest absolute Gasteiger partial charge is 0.149 e. The standard InChI is InChI=1S/C25H24FN7OS/c1-32-6-5-21(18(26)12-32)34-22-8-15(16-10-30-33(2)11-16)7-20-24(22)25(28-13-27-20)31-17-3-4-19-23(9-17)35-14-29-19/h3-4,7-11,13-14,18,21H,5-6,12H2,1-2H3,(H,27,28,31)/t18?,21-/m1/s1. The molecule has 6 rings (SSSR count). The minimum atomic E-state index is -1.08. The van der Waals surface area contributed by atoms with Gasteiger partial charge in [0.25, 0.3) is 0 Å². The SMILES string of the molecule is CN1CC[C@@H](Oc2cc(-c3cnn(C)c3)cc3ncnc(Nc4ccc5ncsc5c4)c23)C(F)C1. The molecule has 1 saturated heterocycles. The highest BCUT2D eigenvalue weighted by Crippen LogP contribution is 2.38. The van der Waals surface area contributed by atoms with E-state index < -0.39 is 12.3 Å². The highest BCUT2D eigenvalue weighted by atomic mass is 32.1. The highest BCUT2D eigenvalue weighted by molar-refractivity contribution is 7.16. The number of hydrogen-bond donors (Lipinski definition) is 1. The van der Waals surface area contributed by atoms with E-state index in [0.29, 0.717) is 30.0 Å². The zero-order valence-electron chi connectivity index (χ0n) is 19.3. The molecule has 1 aliphatic rings. The van der Waals surface area contributed by atoms with Crippen LogP contribution in [0.2, 0.25) is 0 Å². The van der Waals surface area contributed by atoms with Crippen LogP contribution >= 0.6 is 11.3 Å².